The van der Waals surface area contributed by atoms with Crippen LogP contribution in [0, 0.1) is 0 Å². The van der Waals surface area contributed by atoms with Gasteiger partial charge in [0.1, 0.15) is 23.7 Å². The molecule has 2 aromatic heterocycles. The Bertz CT molecular complexity index is 1120. The van der Waals surface area contributed by atoms with Crippen molar-refractivity contribution >= 4 is 29.3 Å². The number of carbonyl (C=O) groups is 3. The number of anilines is 1. The maximum atomic E-state index is 12.3. The molecule has 0 aliphatic carbocycles. The number of aromatic nitrogens is 2. The van der Waals surface area contributed by atoms with E-state index < -0.39 is 11.9 Å². The Kier molecular flexibility index (Phi) is 7.40. The van der Waals surface area contributed by atoms with E-state index in [0.717, 1.165) is 0 Å². The molecule has 168 valence electrons. The molecule has 0 saturated carbocycles. The van der Waals surface area contributed by atoms with E-state index in [-0.39, 0.29) is 19.1 Å². The largest absolute Gasteiger partial charge is 0.465 e. The number of pyridine rings is 1. The Morgan fingerprint density at radius 3 is 2.53 bits per heavy atom. The number of amides is 1. The highest BCUT2D eigenvalue weighted by Gasteiger charge is 2.17. The first-order valence-corrected chi connectivity index (χ1v) is 10.1. The number of rotatable bonds is 9. The quantitative estimate of drug-likeness (QED) is 0.426. The zero-order chi connectivity index (χ0) is 23.1. The Balaban J connectivity index is 2.01. The third-order valence-electron chi connectivity index (χ3n) is 4.60. The molecule has 10 heteroatoms. The second-order valence-corrected chi connectivity index (χ2v) is 6.72. The summed E-state index contributed by atoms with van der Waals surface area (Å²) in [5.41, 5.74) is 8.04. The number of nitrogens with zero attached hydrogens (tertiary/aromatic N) is 2. The number of benzene rings is 1. The highest BCUT2D eigenvalue weighted by Crippen LogP contribution is 2.29. The van der Waals surface area contributed by atoms with Crippen molar-refractivity contribution in [3.05, 3.63) is 53.7 Å². The van der Waals surface area contributed by atoms with E-state index in [2.05, 4.69) is 15.6 Å². The molecule has 0 bridgehead atoms. The van der Waals surface area contributed by atoms with Crippen molar-refractivity contribution in [1.82, 2.24) is 14.7 Å². The van der Waals surface area contributed by atoms with E-state index in [9.17, 15) is 14.4 Å². The average Bonchev–Trinajstić information content (AvgIpc) is 3.18. The first-order valence-electron chi connectivity index (χ1n) is 10.1. The molecule has 3 rings (SSSR count). The van der Waals surface area contributed by atoms with E-state index in [1.165, 1.54) is 7.11 Å². The van der Waals surface area contributed by atoms with Gasteiger partial charge >= 0.3 is 11.9 Å². The molecule has 4 N–H and O–H groups in total. The van der Waals surface area contributed by atoms with Gasteiger partial charge in [0.15, 0.2) is 0 Å². The van der Waals surface area contributed by atoms with Crippen molar-refractivity contribution in [2.45, 2.75) is 6.92 Å². The van der Waals surface area contributed by atoms with Crippen LogP contribution in [0.1, 0.15) is 27.6 Å². The van der Waals surface area contributed by atoms with Crippen LogP contribution in [0.5, 0.6) is 0 Å². The van der Waals surface area contributed by atoms with Gasteiger partial charge in [0.2, 0.25) is 0 Å². The second kappa shape index (κ2) is 10.4. The number of imidazole rings is 1. The fourth-order valence-corrected chi connectivity index (χ4v) is 3.09. The zero-order valence-corrected chi connectivity index (χ0v) is 17.9. The number of hydrogen-bond donors (Lipinski definition) is 3. The van der Waals surface area contributed by atoms with E-state index in [4.69, 9.17) is 15.2 Å². The lowest BCUT2D eigenvalue weighted by molar-refractivity contribution is -0.140. The summed E-state index contributed by atoms with van der Waals surface area (Å²) in [7, 11) is 1.32. The molecule has 32 heavy (non-hydrogen) atoms. The van der Waals surface area contributed by atoms with Gasteiger partial charge < -0.3 is 25.8 Å². The van der Waals surface area contributed by atoms with Gasteiger partial charge in [-0.2, -0.15) is 0 Å². The number of fused-ring (bicyclic) bond motifs is 1. The summed E-state index contributed by atoms with van der Waals surface area (Å²) in [5.74, 6) is -0.564. The molecule has 0 spiro atoms. The lowest BCUT2D eigenvalue weighted by Crippen LogP contribution is -2.29. The number of hydrogen-bond acceptors (Lipinski definition) is 8. The standard InChI is InChI=1S/C22H25N5O5/c1-3-32-18(28)13-25-20-19(14-4-6-15(7-5-14)22(30)31-2)26-17-12-16(8-11-27(17)20)21(29)24-10-9-23/h4-8,11-12,25H,3,9-10,13,23H2,1-2H3,(H,24,29). The maximum Gasteiger partial charge on any atom is 0.337 e. The predicted molar refractivity (Wildman–Crippen MR) is 118 cm³/mol. The number of nitrogens with one attached hydrogen (secondary N) is 2. The first-order chi connectivity index (χ1) is 15.5. The molecule has 1 aromatic carbocycles. The Labute approximate surface area is 184 Å². The van der Waals surface area contributed by atoms with Gasteiger partial charge in [-0.25, -0.2) is 9.78 Å². The van der Waals surface area contributed by atoms with Gasteiger partial charge in [-0.3, -0.25) is 14.0 Å². The number of nitrogens with two attached hydrogens (primary N) is 1. The molecule has 0 unspecified atom stereocenters. The lowest BCUT2D eigenvalue weighted by Gasteiger charge is -2.09. The van der Waals surface area contributed by atoms with Crippen LogP contribution in [0.2, 0.25) is 0 Å². The van der Waals surface area contributed by atoms with Crippen molar-refractivity contribution in [3.8, 4) is 11.3 Å². The van der Waals surface area contributed by atoms with Crippen molar-refractivity contribution in [2.24, 2.45) is 5.73 Å². The van der Waals surface area contributed by atoms with E-state index >= 15 is 0 Å². The molecular formula is C22H25N5O5. The van der Waals surface area contributed by atoms with Crippen molar-refractivity contribution in [3.63, 3.8) is 0 Å². The third-order valence-corrected chi connectivity index (χ3v) is 4.60. The first kappa shape index (κ1) is 22.8. The highest BCUT2D eigenvalue weighted by molar-refractivity contribution is 5.95. The molecule has 10 nitrogen and oxygen atoms in total. The molecule has 2 heterocycles. The van der Waals surface area contributed by atoms with E-state index in [1.54, 1.807) is 53.9 Å². The van der Waals surface area contributed by atoms with Crippen LogP contribution in [0.3, 0.4) is 0 Å². The number of ether oxygens (including phenoxy) is 2. The molecule has 1 amide bonds. The van der Waals surface area contributed by atoms with Gasteiger partial charge in [-0.05, 0) is 31.2 Å². The summed E-state index contributed by atoms with van der Waals surface area (Å²) in [6.45, 7) is 2.65. The van der Waals surface area contributed by atoms with Crippen molar-refractivity contribution < 1.29 is 23.9 Å². The zero-order valence-electron chi connectivity index (χ0n) is 17.9. The average molecular weight is 439 g/mol. The van der Waals surface area contributed by atoms with Crippen LogP contribution in [0.25, 0.3) is 16.9 Å². The van der Waals surface area contributed by atoms with Gasteiger partial charge in [0.05, 0.1) is 19.3 Å². The molecule has 0 fully saturated rings. The molecule has 0 atom stereocenters. The summed E-state index contributed by atoms with van der Waals surface area (Å²) in [6.07, 6.45) is 1.69. The van der Waals surface area contributed by atoms with Crippen LogP contribution < -0.4 is 16.4 Å². The minimum Gasteiger partial charge on any atom is -0.465 e. The third kappa shape index (κ3) is 5.03. The minimum absolute atomic E-state index is 0.0619. The fraction of sp³-hybridized carbons (Fsp3) is 0.273. The summed E-state index contributed by atoms with van der Waals surface area (Å²) in [5, 5.41) is 5.79. The Morgan fingerprint density at radius 2 is 1.88 bits per heavy atom. The second-order valence-electron chi connectivity index (χ2n) is 6.72. The van der Waals surface area contributed by atoms with Crippen molar-refractivity contribution in [2.75, 3.05) is 38.7 Å². The summed E-state index contributed by atoms with van der Waals surface area (Å²) < 4.78 is 11.5. The van der Waals surface area contributed by atoms with Crippen LogP contribution in [0.4, 0.5) is 5.82 Å². The monoisotopic (exact) mass is 439 g/mol. The van der Waals surface area contributed by atoms with Gasteiger partial charge in [0.25, 0.3) is 5.91 Å². The molecule has 3 aromatic rings. The summed E-state index contributed by atoms with van der Waals surface area (Å²) >= 11 is 0. The maximum absolute atomic E-state index is 12.3. The number of methoxy groups -OCH3 is 1. The molecule has 0 saturated heterocycles. The fourth-order valence-electron chi connectivity index (χ4n) is 3.09. The van der Waals surface area contributed by atoms with Crippen LogP contribution in [-0.2, 0) is 14.3 Å². The predicted octanol–water partition coefficient (Wildman–Crippen LogP) is 1.45. The van der Waals surface area contributed by atoms with Gasteiger partial charge in [0, 0.05) is 30.4 Å². The minimum atomic E-state index is -0.444. The SMILES string of the molecule is CCOC(=O)CNc1c(-c2ccc(C(=O)OC)cc2)nc2cc(C(=O)NCCN)ccn12. The lowest BCUT2D eigenvalue weighted by atomic mass is 10.1. The Morgan fingerprint density at radius 1 is 1.12 bits per heavy atom. The normalized spacial score (nSPS) is 10.6. The molecule has 0 aliphatic heterocycles. The summed E-state index contributed by atoms with van der Waals surface area (Å²) in [6, 6.07) is 10.0. The van der Waals surface area contributed by atoms with Gasteiger partial charge in [-0.1, -0.05) is 12.1 Å². The smallest absolute Gasteiger partial charge is 0.337 e. The molecular weight excluding hydrogens is 414 g/mol. The van der Waals surface area contributed by atoms with Crippen LogP contribution >= 0.6 is 0 Å². The van der Waals surface area contributed by atoms with Gasteiger partial charge in [-0.15, -0.1) is 0 Å². The molecule has 0 aliphatic rings. The molecule has 0 radical (unpaired) electrons. The number of esters is 2. The number of carbonyl (C=O) groups excluding carboxylic acids is 3. The van der Waals surface area contributed by atoms with Crippen molar-refractivity contribution in [1.29, 1.82) is 0 Å². The topological polar surface area (TPSA) is 137 Å². The summed E-state index contributed by atoms with van der Waals surface area (Å²) in [4.78, 5) is 40.6. The van der Waals surface area contributed by atoms with E-state index in [0.29, 0.717) is 46.9 Å². The highest BCUT2D eigenvalue weighted by atomic mass is 16.5. The van der Waals surface area contributed by atoms with Crippen LogP contribution in [-0.4, -0.2) is 60.6 Å². The Hall–Kier alpha value is -3.92. The van der Waals surface area contributed by atoms with E-state index in [1.807, 2.05) is 0 Å². The van der Waals surface area contributed by atoms with Crippen LogP contribution in [0.15, 0.2) is 42.6 Å².